The van der Waals surface area contributed by atoms with Crippen molar-refractivity contribution in [2.45, 2.75) is 228 Å². The van der Waals surface area contributed by atoms with Crippen LogP contribution in [0.3, 0.4) is 0 Å². The van der Waals surface area contributed by atoms with E-state index in [1.165, 1.54) is 41.9 Å². The number of ether oxygens (including phenoxy) is 4. The van der Waals surface area contributed by atoms with Gasteiger partial charge < -0.3 is 50.4 Å². The van der Waals surface area contributed by atoms with Crippen molar-refractivity contribution in [2.24, 2.45) is 17.4 Å². The van der Waals surface area contributed by atoms with Gasteiger partial charge in [0.25, 0.3) is 5.91 Å². The minimum atomic E-state index is -1.85. The number of aliphatic hydroxyl groups is 2. The third kappa shape index (κ3) is 11.5. The summed E-state index contributed by atoms with van der Waals surface area (Å²) in [6, 6.07) is 0.621. The zero-order chi connectivity index (χ0) is 41.9. The Morgan fingerprint density at radius 3 is 2.31 bits per heavy atom. The fourth-order valence-electron chi connectivity index (χ4n) is 11.3. The van der Waals surface area contributed by atoms with E-state index in [-0.39, 0.29) is 67.6 Å². The lowest BCUT2D eigenvalue weighted by molar-refractivity contribution is -0.985. The number of quaternary nitrogens is 1. The van der Waals surface area contributed by atoms with Crippen LogP contribution >= 0.6 is 0 Å². The summed E-state index contributed by atoms with van der Waals surface area (Å²) in [6.45, 7) is 5.59. The van der Waals surface area contributed by atoms with Gasteiger partial charge in [-0.1, -0.05) is 89.7 Å². The lowest BCUT2D eigenvalue weighted by atomic mass is 9.79. The lowest BCUT2D eigenvalue weighted by Gasteiger charge is -2.57. The SMILES string of the molecule is CC/C=C/[C@@H]1CC[C@]2(C[C@H]3CC[C@H]4[C@@H](C(=O)OCCCCCCCCCCCCCC[C@@H]5O[C@](O)(CCN)[C@H](O)N(CCCN)C5=O)[C@@]5(CCC[C@H](C)O5)NC(N2)[NH+]34)O1. The molecule has 0 bridgehead atoms. The van der Waals surface area contributed by atoms with E-state index < -0.39 is 23.8 Å². The molecule has 0 saturated carbocycles. The summed E-state index contributed by atoms with van der Waals surface area (Å²) in [4.78, 5) is 29.8. The molecule has 0 aromatic rings. The molecule has 0 radical (unpaired) electrons. The molecule has 6 aliphatic rings. The summed E-state index contributed by atoms with van der Waals surface area (Å²) in [5.74, 6) is -2.53. The van der Waals surface area contributed by atoms with Crippen LogP contribution in [-0.2, 0) is 28.5 Å². The first kappa shape index (κ1) is 46.8. The summed E-state index contributed by atoms with van der Waals surface area (Å²) in [5, 5.41) is 29.4. The normalized spacial score (nSPS) is 38.2. The number of hydrogen-bond donors (Lipinski definition) is 7. The summed E-state index contributed by atoms with van der Waals surface area (Å²) < 4.78 is 25.4. The van der Waals surface area contributed by atoms with Crippen molar-refractivity contribution < 1.29 is 43.6 Å². The van der Waals surface area contributed by atoms with Crippen LogP contribution in [0.25, 0.3) is 0 Å². The van der Waals surface area contributed by atoms with Gasteiger partial charge in [0.2, 0.25) is 12.1 Å². The Morgan fingerprint density at radius 2 is 1.63 bits per heavy atom. The first-order valence-corrected chi connectivity index (χ1v) is 24.0. The Hall–Kier alpha value is -1.72. The number of nitrogens with two attached hydrogens (primary N) is 2. The first-order chi connectivity index (χ1) is 28.6. The number of carbonyl (C=O) groups is 2. The quantitative estimate of drug-likeness (QED) is 0.0450. The third-order valence-electron chi connectivity index (χ3n) is 14.3. The fraction of sp³-hybridized carbons (Fsp3) is 0.911. The number of nitrogens with zero attached hydrogens (tertiary/aromatic N) is 1. The molecular weight excluding hydrogens is 753 g/mol. The number of esters is 1. The van der Waals surface area contributed by atoms with Crippen LogP contribution in [0.5, 0.6) is 0 Å². The van der Waals surface area contributed by atoms with Gasteiger partial charge in [0.05, 0.1) is 24.9 Å². The average molecular weight is 834 g/mol. The van der Waals surface area contributed by atoms with Crippen LogP contribution in [0.2, 0.25) is 0 Å². The van der Waals surface area contributed by atoms with Gasteiger partial charge in [0.1, 0.15) is 23.6 Å². The molecule has 6 rings (SSSR count). The van der Waals surface area contributed by atoms with Crippen molar-refractivity contribution in [3.05, 3.63) is 12.2 Å². The molecule has 12 atom stereocenters. The Morgan fingerprint density at radius 1 is 0.915 bits per heavy atom. The molecule has 59 heavy (non-hydrogen) atoms. The predicted molar refractivity (Wildman–Crippen MR) is 225 cm³/mol. The number of allylic oxidation sites excluding steroid dienone is 1. The zero-order valence-electron chi connectivity index (χ0n) is 36.5. The second kappa shape index (κ2) is 22.1. The Labute approximate surface area is 354 Å². The molecule has 6 saturated heterocycles. The molecule has 6 heterocycles. The van der Waals surface area contributed by atoms with Crippen LogP contribution in [0.15, 0.2) is 12.2 Å². The summed E-state index contributed by atoms with van der Waals surface area (Å²) in [5.41, 5.74) is 10.3. The molecule has 338 valence electrons. The topological polar surface area (TPSA) is 195 Å². The molecule has 0 aromatic carbocycles. The number of carbonyl (C=O) groups excluding carboxylic acids is 2. The van der Waals surface area contributed by atoms with Crippen molar-refractivity contribution in [3.63, 3.8) is 0 Å². The van der Waals surface area contributed by atoms with Gasteiger partial charge >= 0.3 is 5.97 Å². The van der Waals surface area contributed by atoms with Crippen LogP contribution in [-0.4, -0.2) is 113 Å². The third-order valence-corrected chi connectivity index (χ3v) is 14.3. The van der Waals surface area contributed by atoms with E-state index in [1.54, 1.807) is 0 Å². The van der Waals surface area contributed by atoms with Crippen LogP contribution < -0.4 is 27.0 Å². The van der Waals surface area contributed by atoms with E-state index >= 15 is 0 Å². The minimum absolute atomic E-state index is 0.00707. The predicted octanol–water partition coefficient (Wildman–Crippen LogP) is 3.57. The van der Waals surface area contributed by atoms with Gasteiger partial charge in [-0.2, -0.15) is 0 Å². The lowest BCUT2D eigenvalue weighted by Crippen LogP contribution is -3.28. The molecule has 1 amide bonds. The maximum absolute atomic E-state index is 14.1. The molecule has 0 aromatic heterocycles. The molecule has 6 fully saturated rings. The van der Waals surface area contributed by atoms with Crippen LogP contribution in [0.4, 0.5) is 0 Å². The monoisotopic (exact) mass is 834 g/mol. The molecule has 9 N–H and O–H groups in total. The number of hydrogen-bond acceptors (Lipinski definition) is 12. The minimum Gasteiger partial charge on any atom is -0.465 e. The summed E-state index contributed by atoms with van der Waals surface area (Å²) >= 11 is 0. The van der Waals surface area contributed by atoms with E-state index in [2.05, 4.69) is 36.6 Å². The van der Waals surface area contributed by atoms with E-state index in [0.29, 0.717) is 32.0 Å². The van der Waals surface area contributed by atoms with Gasteiger partial charge in [-0.25, -0.2) is 10.6 Å². The fourth-order valence-corrected chi connectivity index (χ4v) is 11.3. The van der Waals surface area contributed by atoms with Crippen molar-refractivity contribution in [1.29, 1.82) is 0 Å². The van der Waals surface area contributed by atoms with E-state index in [9.17, 15) is 19.8 Å². The Balaban J connectivity index is 0.839. The maximum atomic E-state index is 14.1. The van der Waals surface area contributed by atoms with Gasteiger partial charge in [-0.3, -0.25) is 9.59 Å². The van der Waals surface area contributed by atoms with Gasteiger partial charge in [0, 0.05) is 32.2 Å². The van der Waals surface area contributed by atoms with Crippen LogP contribution in [0.1, 0.15) is 168 Å². The highest BCUT2D eigenvalue weighted by Crippen LogP contribution is 2.43. The Kier molecular flexibility index (Phi) is 17.5. The highest BCUT2D eigenvalue weighted by atomic mass is 16.7. The number of morpholine rings is 1. The van der Waals surface area contributed by atoms with Crippen molar-refractivity contribution >= 4 is 11.9 Å². The van der Waals surface area contributed by atoms with Gasteiger partial charge in [0.15, 0.2) is 12.1 Å². The number of unbranched alkanes of at least 4 members (excludes halogenated alkanes) is 11. The Bertz CT molecular complexity index is 1360. The summed E-state index contributed by atoms with van der Waals surface area (Å²) in [6.07, 6.45) is 25.9. The molecule has 2 spiro atoms. The average Bonchev–Trinajstić information content (AvgIpc) is 3.81. The number of nitrogens with one attached hydrogen (secondary N) is 3. The second-order valence-corrected chi connectivity index (χ2v) is 18.8. The molecular formula is C45H81N6O8+. The number of aliphatic hydroxyl groups excluding tert-OH is 1. The smallest absolute Gasteiger partial charge is 0.319 e. The van der Waals surface area contributed by atoms with Crippen molar-refractivity contribution in [3.8, 4) is 0 Å². The first-order valence-electron chi connectivity index (χ1n) is 24.0. The molecule has 14 nitrogen and oxygen atoms in total. The largest absolute Gasteiger partial charge is 0.465 e. The van der Waals surface area contributed by atoms with Crippen molar-refractivity contribution in [1.82, 2.24) is 15.5 Å². The van der Waals surface area contributed by atoms with Crippen LogP contribution in [0, 0.1) is 5.92 Å². The molecule has 2 unspecified atom stereocenters. The standard InChI is InChI=1S/C45H80N6O8/c1-3-4-20-35-24-26-43(58-35)32-34-22-23-36-38(44(25-17-19-33(2)57-44)49-42(48-43)51(34)36)40(53)56-31-16-14-12-10-8-6-5-7-9-11-13-15-21-37-39(52)50(30-18-28-46)41(54)45(55,59-37)27-29-47/h4,20,33-38,41-42,48-49,54-55H,3,5-19,21-32,46-47H2,1-2H3/p+1/b20-4+/t33-,34+,35+,36-,37-,38-,41-,42?,43+,44-,45+/m0/s1. The number of rotatable bonds is 23. The molecule has 14 heteroatoms. The zero-order valence-corrected chi connectivity index (χ0v) is 36.5. The van der Waals surface area contributed by atoms with Gasteiger partial charge in [-0.05, 0) is 77.8 Å². The highest BCUT2D eigenvalue weighted by Gasteiger charge is 2.67. The molecule has 0 aliphatic carbocycles. The molecule has 6 aliphatic heterocycles. The van der Waals surface area contributed by atoms with E-state index in [1.807, 2.05) is 0 Å². The van der Waals surface area contributed by atoms with E-state index in [4.69, 9.17) is 30.4 Å². The second-order valence-electron chi connectivity index (χ2n) is 18.8. The van der Waals surface area contributed by atoms with Gasteiger partial charge in [-0.15, -0.1) is 0 Å². The maximum Gasteiger partial charge on any atom is 0.319 e. The van der Waals surface area contributed by atoms with Crippen molar-refractivity contribution in [2.75, 3.05) is 26.2 Å². The summed E-state index contributed by atoms with van der Waals surface area (Å²) in [7, 11) is 0. The highest BCUT2D eigenvalue weighted by molar-refractivity contribution is 5.82. The van der Waals surface area contributed by atoms with E-state index in [0.717, 1.165) is 103 Å². The number of amides is 1.